The number of nitrogens with zero attached hydrogens (tertiary/aromatic N) is 2. The van der Waals surface area contributed by atoms with Gasteiger partial charge in [-0.1, -0.05) is 11.6 Å². The third kappa shape index (κ3) is 3.33. The Bertz CT molecular complexity index is 1000. The molecule has 6 nitrogen and oxygen atoms in total. The number of thiophene rings is 1. The number of hydrogen-bond donors (Lipinski definition) is 1. The van der Waals surface area contributed by atoms with Crippen LogP contribution < -0.4 is 5.32 Å². The van der Waals surface area contributed by atoms with Crippen LogP contribution in [0.25, 0.3) is 0 Å². The quantitative estimate of drug-likeness (QED) is 0.774. The van der Waals surface area contributed by atoms with Crippen LogP contribution in [0.5, 0.6) is 0 Å². The summed E-state index contributed by atoms with van der Waals surface area (Å²) in [7, 11) is -2.93. The zero-order chi connectivity index (χ0) is 19.5. The highest BCUT2D eigenvalue weighted by Gasteiger charge is 2.46. The Kier molecular flexibility index (Phi) is 4.63. The van der Waals surface area contributed by atoms with E-state index in [4.69, 9.17) is 16.3 Å². The summed E-state index contributed by atoms with van der Waals surface area (Å²) in [5.41, 5.74) is 2.11. The predicted octanol–water partition coefficient (Wildman–Crippen LogP) is 3.24. The van der Waals surface area contributed by atoms with Crippen LogP contribution in [0, 0.1) is 0 Å². The van der Waals surface area contributed by atoms with Crippen molar-refractivity contribution < 1.29 is 13.2 Å². The number of rotatable bonds is 2. The molecular weight excluding hydrogens is 418 g/mol. The predicted molar refractivity (Wildman–Crippen MR) is 110 cm³/mol. The van der Waals surface area contributed by atoms with Gasteiger partial charge in [-0.05, 0) is 37.8 Å². The minimum atomic E-state index is -2.93. The Morgan fingerprint density at radius 2 is 2.29 bits per heavy atom. The van der Waals surface area contributed by atoms with E-state index in [1.807, 2.05) is 17.1 Å². The van der Waals surface area contributed by atoms with Crippen LogP contribution in [0.15, 0.2) is 18.5 Å². The molecule has 2 aromatic heterocycles. The van der Waals surface area contributed by atoms with Crippen LogP contribution in [-0.4, -0.2) is 42.4 Å². The van der Waals surface area contributed by atoms with Gasteiger partial charge in [-0.2, -0.15) is 5.10 Å². The van der Waals surface area contributed by atoms with Gasteiger partial charge in [0.15, 0.2) is 9.84 Å². The van der Waals surface area contributed by atoms with Gasteiger partial charge in [0.1, 0.15) is 5.60 Å². The van der Waals surface area contributed by atoms with E-state index in [1.54, 1.807) is 11.3 Å². The molecule has 0 bridgehead atoms. The number of halogens is 1. The van der Waals surface area contributed by atoms with E-state index in [1.165, 1.54) is 10.4 Å². The summed E-state index contributed by atoms with van der Waals surface area (Å²) in [6.07, 6.45) is 7.20. The Morgan fingerprint density at radius 1 is 1.43 bits per heavy atom. The van der Waals surface area contributed by atoms with Gasteiger partial charge in [0, 0.05) is 35.1 Å². The number of piperidine rings is 1. The van der Waals surface area contributed by atoms with Gasteiger partial charge in [-0.3, -0.25) is 4.68 Å². The first-order valence-electron chi connectivity index (χ1n) is 9.77. The van der Waals surface area contributed by atoms with Crippen molar-refractivity contribution >= 4 is 32.8 Å². The summed E-state index contributed by atoms with van der Waals surface area (Å²) >= 11 is 7.97. The Labute approximate surface area is 174 Å². The van der Waals surface area contributed by atoms with Crippen molar-refractivity contribution in [1.82, 2.24) is 15.1 Å². The molecule has 0 saturated carbocycles. The zero-order valence-corrected chi connectivity index (χ0v) is 18.1. The first-order valence-corrected chi connectivity index (χ1v) is 12.8. The number of sulfone groups is 1. The van der Waals surface area contributed by atoms with Crippen molar-refractivity contribution in [1.29, 1.82) is 0 Å². The lowest BCUT2D eigenvalue weighted by atomic mass is 9.78. The fraction of sp³-hybridized carbons (Fsp3) is 0.632. The normalized spacial score (nSPS) is 34.6. The van der Waals surface area contributed by atoms with Crippen LogP contribution >= 0.6 is 22.9 Å². The van der Waals surface area contributed by atoms with Crippen molar-refractivity contribution in [3.05, 3.63) is 38.8 Å². The summed E-state index contributed by atoms with van der Waals surface area (Å²) in [6.45, 7) is 2.91. The van der Waals surface area contributed by atoms with Crippen molar-refractivity contribution in [3.63, 3.8) is 0 Å². The molecule has 28 heavy (non-hydrogen) atoms. The van der Waals surface area contributed by atoms with E-state index in [0.717, 1.165) is 35.8 Å². The Hall–Kier alpha value is -0.930. The van der Waals surface area contributed by atoms with Crippen molar-refractivity contribution in [2.75, 3.05) is 18.1 Å². The van der Waals surface area contributed by atoms with E-state index in [0.29, 0.717) is 12.5 Å². The number of nitrogens with one attached hydrogen (secondary N) is 1. The number of fused-ring (bicyclic) bond motifs is 2. The molecule has 5 rings (SSSR count). The minimum absolute atomic E-state index is 0.0534. The largest absolute Gasteiger partial charge is 0.369 e. The van der Waals surface area contributed by atoms with Gasteiger partial charge in [0.25, 0.3) is 0 Å². The lowest BCUT2D eigenvalue weighted by molar-refractivity contribution is -0.0954. The molecule has 0 aliphatic carbocycles. The summed E-state index contributed by atoms with van der Waals surface area (Å²) in [4.78, 5) is 1.27. The molecule has 3 aliphatic heterocycles. The second kappa shape index (κ2) is 6.80. The SMILES string of the molecule is C[C@H]1C[C@@]2(C[C@@H](c3cnn(C4CCS(=O)(=O)C4)c3)N1)OCCc1cc(Cl)sc12. The number of hydrogen-bond acceptors (Lipinski definition) is 6. The fourth-order valence-electron chi connectivity index (χ4n) is 4.99. The van der Waals surface area contributed by atoms with E-state index < -0.39 is 9.84 Å². The molecule has 3 aliphatic rings. The lowest BCUT2D eigenvalue weighted by Crippen LogP contribution is -2.49. The smallest absolute Gasteiger partial charge is 0.152 e. The molecule has 9 heteroatoms. The maximum Gasteiger partial charge on any atom is 0.152 e. The van der Waals surface area contributed by atoms with Crippen molar-refractivity contribution in [2.45, 2.75) is 56.3 Å². The third-order valence-corrected chi connectivity index (χ3v) is 9.45. The maximum atomic E-state index is 11.8. The van der Waals surface area contributed by atoms with E-state index in [2.05, 4.69) is 23.4 Å². The maximum absolute atomic E-state index is 11.8. The summed E-state index contributed by atoms with van der Waals surface area (Å²) in [5, 5.41) is 8.18. The highest BCUT2D eigenvalue weighted by Crippen LogP contribution is 2.50. The molecule has 2 fully saturated rings. The van der Waals surface area contributed by atoms with Gasteiger partial charge < -0.3 is 10.1 Å². The molecule has 1 unspecified atom stereocenters. The van der Waals surface area contributed by atoms with Gasteiger partial charge in [-0.25, -0.2) is 8.42 Å². The minimum Gasteiger partial charge on any atom is -0.369 e. The monoisotopic (exact) mass is 441 g/mol. The van der Waals surface area contributed by atoms with E-state index in [-0.39, 0.29) is 29.2 Å². The molecule has 0 radical (unpaired) electrons. The van der Waals surface area contributed by atoms with Crippen LogP contribution in [0.1, 0.15) is 54.3 Å². The molecular formula is C19H24ClN3O3S2. The van der Waals surface area contributed by atoms with Crippen molar-refractivity contribution in [3.8, 4) is 0 Å². The number of aromatic nitrogens is 2. The average Bonchev–Trinajstić information content (AvgIpc) is 3.32. The van der Waals surface area contributed by atoms with Crippen LogP contribution in [-0.2, 0) is 26.6 Å². The third-order valence-electron chi connectivity index (χ3n) is 6.20. The highest BCUT2D eigenvalue weighted by atomic mass is 35.5. The Balaban J connectivity index is 1.43. The molecule has 5 heterocycles. The standard InChI is InChI=1S/C19H24ClN3O3S2/c1-12-7-19(18-13(2-4-26-19)6-17(20)27-18)8-16(22-12)14-9-21-23(10-14)15-3-5-28(24,25)11-15/h6,9-10,12,15-16,22H,2-5,7-8,11H2,1H3/t12-,15?,16-,19-/m0/s1. The second-order valence-corrected chi connectivity index (χ2v) is 12.2. The molecule has 152 valence electrons. The Morgan fingerprint density at radius 3 is 3.07 bits per heavy atom. The molecule has 0 aromatic carbocycles. The first kappa shape index (κ1) is 19.1. The second-order valence-electron chi connectivity index (χ2n) is 8.34. The molecule has 2 aromatic rings. The van der Waals surface area contributed by atoms with Crippen LogP contribution in [0.4, 0.5) is 0 Å². The topological polar surface area (TPSA) is 73.2 Å². The van der Waals surface area contributed by atoms with Crippen LogP contribution in [0.2, 0.25) is 4.34 Å². The van der Waals surface area contributed by atoms with Gasteiger partial charge in [-0.15, -0.1) is 11.3 Å². The average molecular weight is 442 g/mol. The zero-order valence-electron chi connectivity index (χ0n) is 15.7. The summed E-state index contributed by atoms with van der Waals surface area (Å²) in [5.74, 6) is 0.442. The molecule has 2 saturated heterocycles. The van der Waals surface area contributed by atoms with E-state index in [9.17, 15) is 8.42 Å². The van der Waals surface area contributed by atoms with Crippen LogP contribution in [0.3, 0.4) is 0 Å². The molecule has 1 spiro atoms. The van der Waals surface area contributed by atoms with Crippen molar-refractivity contribution in [2.24, 2.45) is 0 Å². The van der Waals surface area contributed by atoms with Gasteiger partial charge in [0.2, 0.25) is 0 Å². The first-order chi connectivity index (χ1) is 13.3. The molecule has 0 amide bonds. The highest BCUT2D eigenvalue weighted by molar-refractivity contribution is 7.91. The van der Waals surface area contributed by atoms with E-state index >= 15 is 0 Å². The number of ether oxygens (including phenoxy) is 1. The lowest BCUT2D eigenvalue weighted by Gasteiger charge is -2.46. The summed E-state index contributed by atoms with van der Waals surface area (Å²) < 4.78 is 32.7. The summed E-state index contributed by atoms with van der Waals surface area (Å²) in [6, 6.07) is 2.44. The molecule has 4 atom stereocenters. The molecule has 1 N–H and O–H groups in total. The fourth-order valence-corrected chi connectivity index (χ4v) is 8.16. The van der Waals surface area contributed by atoms with Gasteiger partial charge >= 0.3 is 0 Å². The van der Waals surface area contributed by atoms with Gasteiger partial charge in [0.05, 0.1) is 34.7 Å².